The van der Waals surface area contributed by atoms with E-state index in [0.717, 1.165) is 17.1 Å². The number of halogens is 2. The molecule has 0 aliphatic rings. The van der Waals surface area contributed by atoms with Gasteiger partial charge in [0.15, 0.2) is 0 Å². The van der Waals surface area contributed by atoms with Gasteiger partial charge in [0.2, 0.25) is 11.8 Å². The molecular formula is C29H33ClFN3O4S. The Balaban J connectivity index is 2.03. The summed E-state index contributed by atoms with van der Waals surface area (Å²) in [5.41, 5.74) is 1.02. The molecule has 0 aromatic heterocycles. The van der Waals surface area contributed by atoms with E-state index in [1.54, 1.807) is 50.2 Å². The molecule has 39 heavy (non-hydrogen) atoms. The molecular weight excluding hydrogens is 541 g/mol. The van der Waals surface area contributed by atoms with Crippen LogP contribution in [-0.2, 0) is 26.2 Å². The van der Waals surface area contributed by atoms with Gasteiger partial charge >= 0.3 is 0 Å². The van der Waals surface area contributed by atoms with Crippen LogP contribution in [0, 0.1) is 12.7 Å². The van der Waals surface area contributed by atoms with Crippen LogP contribution in [0.3, 0.4) is 0 Å². The lowest BCUT2D eigenvalue weighted by molar-refractivity contribution is -0.139. The van der Waals surface area contributed by atoms with E-state index < -0.39 is 40.2 Å². The van der Waals surface area contributed by atoms with Crippen LogP contribution in [0.5, 0.6) is 0 Å². The molecule has 0 spiro atoms. The first-order chi connectivity index (χ1) is 18.6. The first-order valence-electron chi connectivity index (χ1n) is 12.7. The minimum absolute atomic E-state index is 0.00170. The van der Waals surface area contributed by atoms with Crippen molar-refractivity contribution in [2.24, 2.45) is 0 Å². The highest BCUT2D eigenvalue weighted by molar-refractivity contribution is 7.92. The second-order valence-corrected chi connectivity index (χ2v) is 11.5. The fourth-order valence-electron chi connectivity index (χ4n) is 4.06. The molecule has 3 aromatic carbocycles. The van der Waals surface area contributed by atoms with Crippen LogP contribution in [0.2, 0.25) is 5.02 Å². The van der Waals surface area contributed by atoms with Gasteiger partial charge in [-0.15, -0.1) is 0 Å². The number of sulfonamides is 1. The molecule has 0 saturated carbocycles. The molecule has 0 saturated heterocycles. The van der Waals surface area contributed by atoms with Crippen LogP contribution in [0.1, 0.15) is 37.8 Å². The third-order valence-electron chi connectivity index (χ3n) is 6.33. The van der Waals surface area contributed by atoms with Crippen molar-refractivity contribution in [3.05, 3.63) is 94.8 Å². The maximum absolute atomic E-state index is 14.6. The molecule has 7 nitrogen and oxygen atoms in total. The number of rotatable bonds is 12. The summed E-state index contributed by atoms with van der Waals surface area (Å²) in [5, 5.41) is 3.22. The zero-order valence-corrected chi connectivity index (χ0v) is 23.8. The zero-order valence-electron chi connectivity index (χ0n) is 22.2. The molecule has 10 heteroatoms. The number of unbranched alkanes of at least 4 members (excludes halogenated alkanes) is 1. The summed E-state index contributed by atoms with van der Waals surface area (Å²) in [7, 11) is -4.19. The van der Waals surface area contributed by atoms with Crippen molar-refractivity contribution in [1.29, 1.82) is 0 Å². The number of nitrogens with one attached hydrogen (secondary N) is 1. The van der Waals surface area contributed by atoms with E-state index in [4.69, 9.17) is 11.6 Å². The predicted octanol–water partition coefficient (Wildman–Crippen LogP) is 5.32. The third-order valence-corrected chi connectivity index (χ3v) is 8.34. The molecule has 3 rings (SSSR count). The standard InChI is InChI=1S/C29H33ClFN3O4S/c1-4-5-17-32-29(36)22(3)33(19-23-11-9-10-14-26(23)31)28(35)20-34(27-16-15-24(30)18-21(27)2)39(37,38)25-12-7-6-8-13-25/h6-16,18,22H,4-5,17,19-20H2,1-3H3,(H,32,36)/t22-/m1/s1. The molecule has 0 bridgehead atoms. The molecule has 0 radical (unpaired) electrons. The van der Waals surface area contributed by atoms with E-state index in [9.17, 15) is 22.4 Å². The molecule has 0 aliphatic heterocycles. The predicted molar refractivity (Wildman–Crippen MR) is 151 cm³/mol. The van der Waals surface area contributed by atoms with Gasteiger partial charge in [0, 0.05) is 23.7 Å². The Labute approximate surface area is 234 Å². The first kappa shape index (κ1) is 30.1. The minimum Gasteiger partial charge on any atom is -0.354 e. The Morgan fingerprint density at radius 2 is 1.69 bits per heavy atom. The Morgan fingerprint density at radius 3 is 2.33 bits per heavy atom. The lowest BCUT2D eigenvalue weighted by atomic mass is 10.1. The number of carbonyl (C=O) groups is 2. The van der Waals surface area contributed by atoms with E-state index in [1.165, 1.54) is 41.3 Å². The van der Waals surface area contributed by atoms with Crippen LogP contribution in [0.25, 0.3) is 0 Å². The monoisotopic (exact) mass is 573 g/mol. The number of hydrogen-bond donors (Lipinski definition) is 1. The first-order valence-corrected chi connectivity index (χ1v) is 14.5. The Hall–Kier alpha value is -3.43. The van der Waals surface area contributed by atoms with Crippen LogP contribution >= 0.6 is 11.6 Å². The van der Waals surface area contributed by atoms with Gasteiger partial charge in [-0.25, -0.2) is 12.8 Å². The van der Waals surface area contributed by atoms with Gasteiger partial charge in [-0.05, 0) is 62.2 Å². The van der Waals surface area contributed by atoms with E-state index >= 15 is 0 Å². The highest BCUT2D eigenvalue weighted by Crippen LogP contribution is 2.29. The SMILES string of the molecule is CCCCNC(=O)[C@@H](C)N(Cc1ccccc1F)C(=O)CN(c1ccc(Cl)cc1C)S(=O)(=O)c1ccccc1. The molecule has 0 unspecified atom stereocenters. The number of aryl methyl sites for hydroxylation is 1. The quantitative estimate of drug-likeness (QED) is 0.297. The van der Waals surface area contributed by atoms with E-state index in [0.29, 0.717) is 17.1 Å². The number of carbonyl (C=O) groups excluding carboxylic acids is 2. The summed E-state index contributed by atoms with van der Waals surface area (Å²) < 4.78 is 43.2. The highest BCUT2D eigenvalue weighted by atomic mass is 35.5. The van der Waals surface area contributed by atoms with Crippen molar-refractivity contribution in [3.8, 4) is 0 Å². The van der Waals surface area contributed by atoms with Gasteiger partial charge < -0.3 is 10.2 Å². The van der Waals surface area contributed by atoms with Gasteiger partial charge in [-0.3, -0.25) is 13.9 Å². The zero-order chi connectivity index (χ0) is 28.6. The summed E-state index contributed by atoms with van der Waals surface area (Å²) >= 11 is 6.12. The van der Waals surface area contributed by atoms with E-state index in [-0.39, 0.29) is 22.7 Å². The fraction of sp³-hybridized carbons (Fsp3) is 0.310. The average Bonchev–Trinajstić information content (AvgIpc) is 2.91. The van der Waals surface area contributed by atoms with Crippen molar-refractivity contribution in [2.45, 2.75) is 51.1 Å². The van der Waals surface area contributed by atoms with Crippen molar-refractivity contribution < 1.29 is 22.4 Å². The topological polar surface area (TPSA) is 86.8 Å². The second kappa shape index (κ2) is 13.6. The largest absolute Gasteiger partial charge is 0.354 e. The van der Waals surface area contributed by atoms with Crippen molar-refractivity contribution in [2.75, 3.05) is 17.4 Å². The van der Waals surface area contributed by atoms with E-state index in [2.05, 4.69) is 5.32 Å². The number of amides is 2. The lowest BCUT2D eigenvalue weighted by Gasteiger charge is -2.32. The Bertz CT molecular complexity index is 1400. The molecule has 1 N–H and O–H groups in total. The van der Waals surface area contributed by atoms with Crippen LogP contribution in [-0.4, -0.2) is 44.3 Å². The molecule has 0 aliphatic carbocycles. The summed E-state index contributed by atoms with van der Waals surface area (Å²) in [6.45, 7) is 4.83. The maximum atomic E-state index is 14.6. The number of benzene rings is 3. The fourth-order valence-corrected chi connectivity index (χ4v) is 5.79. The normalized spacial score (nSPS) is 12.0. The van der Waals surface area contributed by atoms with Crippen molar-refractivity contribution in [3.63, 3.8) is 0 Å². The summed E-state index contributed by atoms with van der Waals surface area (Å²) in [5.74, 6) is -1.60. The van der Waals surface area contributed by atoms with Gasteiger partial charge in [0.1, 0.15) is 18.4 Å². The van der Waals surface area contributed by atoms with Gasteiger partial charge in [-0.2, -0.15) is 0 Å². The van der Waals surface area contributed by atoms with Crippen LogP contribution < -0.4 is 9.62 Å². The average molecular weight is 574 g/mol. The summed E-state index contributed by atoms with van der Waals surface area (Å²) in [6.07, 6.45) is 1.64. The Kier molecular flexibility index (Phi) is 10.5. The van der Waals surface area contributed by atoms with Gasteiger partial charge in [-0.1, -0.05) is 61.3 Å². The molecule has 0 fully saturated rings. The van der Waals surface area contributed by atoms with Crippen molar-refractivity contribution >= 4 is 39.1 Å². The summed E-state index contributed by atoms with van der Waals surface area (Å²) in [4.78, 5) is 28.0. The number of hydrogen-bond acceptors (Lipinski definition) is 4. The van der Waals surface area contributed by atoms with E-state index in [1.807, 2.05) is 6.92 Å². The van der Waals surface area contributed by atoms with Crippen LogP contribution in [0.15, 0.2) is 77.7 Å². The third kappa shape index (κ3) is 7.58. The highest BCUT2D eigenvalue weighted by Gasteiger charge is 2.33. The Morgan fingerprint density at radius 1 is 1.03 bits per heavy atom. The number of nitrogens with zero attached hydrogens (tertiary/aromatic N) is 2. The maximum Gasteiger partial charge on any atom is 0.264 e. The van der Waals surface area contributed by atoms with Crippen LogP contribution in [0.4, 0.5) is 10.1 Å². The molecule has 0 heterocycles. The van der Waals surface area contributed by atoms with Gasteiger partial charge in [0.05, 0.1) is 10.6 Å². The minimum atomic E-state index is -4.19. The molecule has 208 valence electrons. The second-order valence-electron chi connectivity index (χ2n) is 9.19. The molecule has 2 amide bonds. The molecule has 1 atom stereocenters. The smallest absolute Gasteiger partial charge is 0.264 e. The summed E-state index contributed by atoms with van der Waals surface area (Å²) in [6, 6.07) is 17.4. The molecule has 3 aromatic rings. The van der Waals surface area contributed by atoms with Crippen molar-refractivity contribution in [1.82, 2.24) is 10.2 Å². The number of anilines is 1. The lowest BCUT2D eigenvalue weighted by Crippen LogP contribution is -2.51. The van der Waals surface area contributed by atoms with Gasteiger partial charge in [0.25, 0.3) is 10.0 Å².